The van der Waals surface area contributed by atoms with Gasteiger partial charge in [0.25, 0.3) is 0 Å². The average molecular weight is 607 g/mol. The molecule has 0 radical (unpaired) electrons. The van der Waals surface area contributed by atoms with Gasteiger partial charge in [-0.1, -0.05) is 84.9 Å². The fraction of sp³-hybridized carbons (Fsp3) is 0.0500. The van der Waals surface area contributed by atoms with E-state index in [9.17, 15) is 9.59 Å². The van der Waals surface area contributed by atoms with Gasteiger partial charge in [0.2, 0.25) is 0 Å². The number of hydrogen-bond acceptors (Lipinski definition) is 6. The van der Waals surface area contributed by atoms with Gasteiger partial charge in [0, 0.05) is 23.3 Å². The summed E-state index contributed by atoms with van der Waals surface area (Å²) in [6.07, 6.45) is 6.13. The first-order valence-electron chi connectivity index (χ1n) is 14.6. The minimum absolute atomic E-state index is 0.338. The fourth-order valence-corrected chi connectivity index (χ4v) is 5.23. The Kier molecular flexibility index (Phi) is 8.88. The molecule has 0 atom stereocenters. The Balaban J connectivity index is 1.40. The molecule has 0 amide bonds. The van der Waals surface area contributed by atoms with E-state index in [4.69, 9.17) is 18.9 Å². The first-order chi connectivity index (χ1) is 22.5. The molecule has 6 rings (SSSR count). The lowest BCUT2D eigenvalue weighted by Crippen LogP contribution is -2.07. The largest absolute Gasteiger partial charge is 0.497 e. The van der Waals surface area contributed by atoms with E-state index in [1.807, 2.05) is 109 Å². The number of rotatable bonds is 9. The van der Waals surface area contributed by atoms with Crippen LogP contribution in [0.15, 0.2) is 133 Å². The molecule has 0 spiro atoms. The van der Waals surface area contributed by atoms with E-state index in [1.54, 1.807) is 38.5 Å². The van der Waals surface area contributed by atoms with Crippen LogP contribution < -0.4 is 18.9 Å². The highest BCUT2D eigenvalue weighted by molar-refractivity contribution is 6.11. The Bertz CT molecular complexity index is 1940. The van der Waals surface area contributed by atoms with Gasteiger partial charge >= 0.3 is 11.9 Å². The fourth-order valence-electron chi connectivity index (χ4n) is 5.23. The van der Waals surface area contributed by atoms with E-state index in [0.29, 0.717) is 22.6 Å². The van der Waals surface area contributed by atoms with Crippen LogP contribution in [0.5, 0.6) is 23.0 Å². The predicted molar refractivity (Wildman–Crippen MR) is 182 cm³/mol. The molecule has 0 aromatic heterocycles. The lowest BCUT2D eigenvalue weighted by Gasteiger charge is -2.18. The van der Waals surface area contributed by atoms with Crippen molar-refractivity contribution < 1.29 is 28.5 Å². The number of benzene rings is 6. The number of ether oxygens (including phenoxy) is 4. The topological polar surface area (TPSA) is 71.1 Å². The number of methoxy groups -OCH3 is 2. The number of carbonyl (C=O) groups is 2. The van der Waals surface area contributed by atoms with Crippen molar-refractivity contribution in [3.05, 3.63) is 145 Å². The summed E-state index contributed by atoms with van der Waals surface area (Å²) in [5.41, 5.74) is 2.93. The molecule has 46 heavy (non-hydrogen) atoms. The lowest BCUT2D eigenvalue weighted by atomic mass is 9.92. The molecule has 6 aromatic rings. The van der Waals surface area contributed by atoms with Gasteiger partial charge in [-0.2, -0.15) is 0 Å². The Hall–Kier alpha value is -6.14. The summed E-state index contributed by atoms with van der Waals surface area (Å²) in [6.45, 7) is 0. The van der Waals surface area contributed by atoms with Gasteiger partial charge in [0.15, 0.2) is 0 Å². The third kappa shape index (κ3) is 6.66. The van der Waals surface area contributed by atoms with E-state index < -0.39 is 11.9 Å². The first kappa shape index (κ1) is 29.9. The van der Waals surface area contributed by atoms with Crippen LogP contribution >= 0.6 is 0 Å². The molecule has 0 N–H and O–H groups in total. The van der Waals surface area contributed by atoms with Crippen molar-refractivity contribution in [1.82, 2.24) is 0 Å². The Labute approximate surface area is 266 Å². The molecule has 0 fully saturated rings. The number of fused-ring (bicyclic) bond motifs is 2. The lowest BCUT2D eigenvalue weighted by molar-refractivity contribution is -0.129. The molecule has 226 valence electrons. The second-order valence-corrected chi connectivity index (χ2v) is 10.4. The summed E-state index contributed by atoms with van der Waals surface area (Å²) in [4.78, 5) is 26.4. The Morgan fingerprint density at radius 2 is 0.870 bits per heavy atom. The zero-order chi connectivity index (χ0) is 31.9. The van der Waals surface area contributed by atoms with Gasteiger partial charge in [-0.15, -0.1) is 0 Å². The van der Waals surface area contributed by atoms with E-state index in [0.717, 1.165) is 44.2 Å². The maximum absolute atomic E-state index is 13.2. The van der Waals surface area contributed by atoms with Crippen LogP contribution in [0.3, 0.4) is 0 Å². The third-order valence-corrected chi connectivity index (χ3v) is 7.51. The molecule has 0 saturated carbocycles. The van der Waals surface area contributed by atoms with Crippen molar-refractivity contribution in [1.29, 1.82) is 0 Å². The SMILES string of the molecule is COc1ccc(/C=C/C(=O)Oc2ccc3ccccc3c2-c2c(OC(=O)/C=C/c3ccc(OC)cc3)ccc3ccccc23)cc1. The Morgan fingerprint density at radius 3 is 1.26 bits per heavy atom. The normalized spacial score (nSPS) is 11.3. The number of hydrogen-bond donors (Lipinski definition) is 0. The smallest absolute Gasteiger partial charge is 0.336 e. The van der Waals surface area contributed by atoms with Crippen LogP contribution in [0.1, 0.15) is 11.1 Å². The van der Waals surface area contributed by atoms with Crippen LogP contribution in [-0.2, 0) is 9.59 Å². The predicted octanol–water partition coefficient (Wildman–Crippen LogP) is 8.91. The molecule has 6 nitrogen and oxygen atoms in total. The molecule has 0 bridgehead atoms. The summed E-state index contributed by atoms with van der Waals surface area (Å²) in [5.74, 6) is 1.03. The molecule has 0 heterocycles. The van der Waals surface area contributed by atoms with Crippen molar-refractivity contribution in [3.63, 3.8) is 0 Å². The molecular formula is C40H30O6. The molecule has 6 aromatic carbocycles. The minimum atomic E-state index is -0.548. The van der Waals surface area contributed by atoms with Gasteiger partial charge < -0.3 is 18.9 Å². The van der Waals surface area contributed by atoms with Crippen LogP contribution in [0.4, 0.5) is 0 Å². The van der Waals surface area contributed by atoms with E-state index >= 15 is 0 Å². The Morgan fingerprint density at radius 1 is 0.478 bits per heavy atom. The highest BCUT2D eigenvalue weighted by Gasteiger charge is 2.21. The van der Waals surface area contributed by atoms with Crippen LogP contribution in [0.25, 0.3) is 44.8 Å². The maximum atomic E-state index is 13.2. The van der Waals surface area contributed by atoms with Crippen molar-refractivity contribution in [2.24, 2.45) is 0 Å². The van der Waals surface area contributed by atoms with Gasteiger partial charge in [0.1, 0.15) is 23.0 Å². The van der Waals surface area contributed by atoms with E-state index in [-0.39, 0.29) is 0 Å². The maximum Gasteiger partial charge on any atom is 0.336 e. The second-order valence-electron chi connectivity index (χ2n) is 10.4. The summed E-state index contributed by atoms with van der Waals surface area (Å²) in [7, 11) is 3.20. The van der Waals surface area contributed by atoms with Crippen molar-refractivity contribution in [2.45, 2.75) is 0 Å². The molecule has 0 aliphatic rings. The monoisotopic (exact) mass is 606 g/mol. The van der Waals surface area contributed by atoms with Crippen LogP contribution in [0, 0.1) is 0 Å². The average Bonchev–Trinajstić information content (AvgIpc) is 3.10. The summed E-state index contributed by atoms with van der Waals surface area (Å²) < 4.78 is 22.4. The van der Waals surface area contributed by atoms with Crippen molar-refractivity contribution in [3.8, 4) is 34.1 Å². The molecule has 0 saturated heterocycles. The third-order valence-electron chi connectivity index (χ3n) is 7.51. The summed E-state index contributed by atoms with van der Waals surface area (Å²) >= 11 is 0. The molecule has 0 aliphatic carbocycles. The van der Waals surface area contributed by atoms with Crippen molar-refractivity contribution in [2.75, 3.05) is 14.2 Å². The van der Waals surface area contributed by atoms with Gasteiger partial charge in [0.05, 0.1) is 14.2 Å². The first-order valence-corrected chi connectivity index (χ1v) is 14.6. The van der Waals surface area contributed by atoms with Crippen molar-refractivity contribution >= 4 is 45.6 Å². The quantitative estimate of drug-likeness (QED) is 0.0930. The van der Waals surface area contributed by atoms with E-state index in [1.165, 1.54) is 12.2 Å². The highest BCUT2D eigenvalue weighted by Crippen LogP contribution is 2.45. The molecule has 0 unspecified atom stereocenters. The van der Waals surface area contributed by atoms with Gasteiger partial charge in [-0.25, -0.2) is 9.59 Å². The zero-order valence-corrected chi connectivity index (χ0v) is 25.3. The standard InChI is InChI=1S/C40H30O6/c1-43-31-19-11-27(12-20-31)15-25-37(41)45-35-23-17-29-7-3-5-9-33(29)39(35)40-34-10-6-4-8-30(34)18-24-36(40)46-38(42)26-16-28-13-21-32(44-2)22-14-28/h3-26H,1-2H3/b25-15+,26-16+. The molecule has 6 heteroatoms. The molecule has 0 aliphatic heterocycles. The highest BCUT2D eigenvalue weighted by atomic mass is 16.5. The number of esters is 2. The zero-order valence-electron chi connectivity index (χ0n) is 25.3. The second kappa shape index (κ2) is 13.7. The van der Waals surface area contributed by atoms with E-state index in [2.05, 4.69) is 0 Å². The van der Waals surface area contributed by atoms with Gasteiger partial charge in [-0.05, 0) is 81.2 Å². The van der Waals surface area contributed by atoms with Gasteiger partial charge in [-0.3, -0.25) is 0 Å². The summed E-state index contributed by atoms with van der Waals surface area (Å²) in [6, 6.07) is 37.7. The summed E-state index contributed by atoms with van der Waals surface area (Å²) in [5, 5.41) is 3.56. The minimum Gasteiger partial charge on any atom is -0.497 e. The molecular weight excluding hydrogens is 576 g/mol. The van der Waals surface area contributed by atoms with Crippen LogP contribution in [-0.4, -0.2) is 26.2 Å². The number of carbonyl (C=O) groups excluding carboxylic acids is 2. The van der Waals surface area contributed by atoms with Crippen LogP contribution in [0.2, 0.25) is 0 Å².